The highest BCUT2D eigenvalue weighted by atomic mass is 16.2. The molecule has 1 saturated heterocycles. The monoisotopic (exact) mass is 449 g/mol. The molecule has 3 aromatic rings. The van der Waals surface area contributed by atoms with Gasteiger partial charge in [-0.05, 0) is 56.5 Å². The second-order valence-electron chi connectivity index (χ2n) is 8.13. The number of nitrogens with two attached hydrogens (primary N) is 1. The van der Waals surface area contributed by atoms with Crippen molar-refractivity contribution in [3.63, 3.8) is 0 Å². The van der Waals surface area contributed by atoms with Crippen LogP contribution in [0, 0.1) is 0 Å². The largest absolute Gasteiger partial charge is 0.370 e. The van der Waals surface area contributed by atoms with Gasteiger partial charge in [0.2, 0.25) is 11.8 Å². The molecule has 2 aromatic carbocycles. The molecule has 2 heterocycles. The first-order chi connectivity index (χ1) is 15.9. The van der Waals surface area contributed by atoms with Gasteiger partial charge in [-0.25, -0.2) is 4.79 Å². The van der Waals surface area contributed by atoms with Gasteiger partial charge in [-0.1, -0.05) is 12.1 Å². The summed E-state index contributed by atoms with van der Waals surface area (Å²) < 4.78 is 2.41. The average Bonchev–Trinajstić information content (AvgIpc) is 2.82. The molecule has 3 N–H and O–H groups in total. The third-order valence-electron chi connectivity index (χ3n) is 6.00. The quantitative estimate of drug-likeness (QED) is 0.596. The van der Waals surface area contributed by atoms with E-state index in [9.17, 15) is 19.2 Å². The number of benzene rings is 2. The molecular formula is C24H27N5O4. The summed E-state index contributed by atoms with van der Waals surface area (Å²) in [6.07, 6.45) is 3.25. The van der Waals surface area contributed by atoms with Crippen molar-refractivity contribution < 1.29 is 9.59 Å². The fraction of sp³-hybridized carbons (Fsp3) is 0.333. The summed E-state index contributed by atoms with van der Waals surface area (Å²) in [7, 11) is 0. The predicted molar refractivity (Wildman–Crippen MR) is 128 cm³/mol. The molecule has 0 saturated carbocycles. The van der Waals surface area contributed by atoms with Gasteiger partial charge in [0.1, 0.15) is 6.54 Å². The van der Waals surface area contributed by atoms with Crippen LogP contribution in [0.25, 0.3) is 10.9 Å². The molecule has 0 bridgehead atoms. The Kier molecular flexibility index (Phi) is 6.30. The van der Waals surface area contributed by atoms with Gasteiger partial charge in [-0.15, -0.1) is 0 Å². The molecule has 1 aromatic heterocycles. The maximum absolute atomic E-state index is 13.1. The second kappa shape index (κ2) is 9.32. The molecule has 0 atom stereocenters. The number of hydrogen-bond acceptors (Lipinski definition) is 5. The van der Waals surface area contributed by atoms with Crippen LogP contribution in [0.3, 0.4) is 0 Å². The van der Waals surface area contributed by atoms with Crippen molar-refractivity contribution in [2.75, 3.05) is 23.3 Å². The zero-order valence-electron chi connectivity index (χ0n) is 18.5. The van der Waals surface area contributed by atoms with Crippen LogP contribution in [-0.2, 0) is 17.9 Å². The van der Waals surface area contributed by atoms with Crippen molar-refractivity contribution in [2.45, 2.75) is 39.3 Å². The van der Waals surface area contributed by atoms with Crippen LogP contribution in [0.4, 0.5) is 11.4 Å². The van der Waals surface area contributed by atoms with Crippen molar-refractivity contribution in [1.82, 2.24) is 9.13 Å². The SMILES string of the molecule is CCn1c(=O)c2ccccc2n(CC(=O)Nc2cc(C(N)=O)ccc2N2CCCCC2)c1=O. The number of primary amides is 1. The molecule has 33 heavy (non-hydrogen) atoms. The zero-order chi connectivity index (χ0) is 23.5. The summed E-state index contributed by atoms with van der Waals surface area (Å²) >= 11 is 0. The van der Waals surface area contributed by atoms with E-state index in [1.165, 1.54) is 4.57 Å². The highest BCUT2D eigenvalue weighted by Crippen LogP contribution is 2.29. The minimum Gasteiger partial charge on any atom is -0.370 e. The van der Waals surface area contributed by atoms with E-state index in [2.05, 4.69) is 10.2 Å². The number of amides is 2. The Morgan fingerprint density at radius 2 is 1.73 bits per heavy atom. The fourth-order valence-electron chi connectivity index (χ4n) is 4.34. The average molecular weight is 450 g/mol. The van der Waals surface area contributed by atoms with Gasteiger partial charge in [0.25, 0.3) is 5.56 Å². The van der Waals surface area contributed by atoms with E-state index >= 15 is 0 Å². The first-order valence-corrected chi connectivity index (χ1v) is 11.1. The Hall–Kier alpha value is -3.88. The van der Waals surface area contributed by atoms with E-state index in [1.54, 1.807) is 49.4 Å². The number of aromatic nitrogens is 2. The molecule has 0 spiro atoms. The smallest absolute Gasteiger partial charge is 0.331 e. The lowest BCUT2D eigenvalue weighted by Gasteiger charge is -2.30. The Bertz CT molecular complexity index is 1330. The summed E-state index contributed by atoms with van der Waals surface area (Å²) in [5.41, 5.74) is 6.49. The van der Waals surface area contributed by atoms with Crippen molar-refractivity contribution >= 4 is 34.1 Å². The van der Waals surface area contributed by atoms with Gasteiger partial charge in [0.15, 0.2) is 0 Å². The third-order valence-corrected chi connectivity index (χ3v) is 6.00. The Morgan fingerprint density at radius 1 is 1.00 bits per heavy atom. The zero-order valence-corrected chi connectivity index (χ0v) is 18.5. The van der Waals surface area contributed by atoms with E-state index in [0.29, 0.717) is 16.6 Å². The summed E-state index contributed by atoms with van der Waals surface area (Å²) in [5.74, 6) is -1.03. The van der Waals surface area contributed by atoms with Crippen LogP contribution < -0.4 is 27.2 Å². The van der Waals surface area contributed by atoms with Crippen LogP contribution in [0.2, 0.25) is 0 Å². The van der Waals surface area contributed by atoms with Crippen molar-refractivity contribution in [1.29, 1.82) is 0 Å². The molecule has 1 aliphatic rings. The number of nitrogens with zero attached hydrogens (tertiary/aromatic N) is 3. The normalized spacial score (nSPS) is 13.8. The molecule has 1 fully saturated rings. The third kappa shape index (κ3) is 4.39. The number of fused-ring (bicyclic) bond motifs is 1. The number of hydrogen-bond donors (Lipinski definition) is 2. The number of rotatable bonds is 6. The van der Waals surface area contributed by atoms with Crippen molar-refractivity contribution in [3.8, 4) is 0 Å². The molecule has 4 rings (SSSR count). The molecule has 9 heteroatoms. The second-order valence-corrected chi connectivity index (χ2v) is 8.13. The van der Waals surface area contributed by atoms with Crippen molar-refractivity contribution in [3.05, 3.63) is 68.9 Å². The van der Waals surface area contributed by atoms with Gasteiger partial charge in [-0.2, -0.15) is 0 Å². The number of anilines is 2. The van der Waals surface area contributed by atoms with E-state index in [0.717, 1.165) is 42.6 Å². The van der Waals surface area contributed by atoms with Crippen LogP contribution in [-0.4, -0.2) is 34.0 Å². The molecule has 172 valence electrons. The van der Waals surface area contributed by atoms with Crippen LogP contribution in [0.1, 0.15) is 36.5 Å². The van der Waals surface area contributed by atoms with E-state index < -0.39 is 17.5 Å². The maximum Gasteiger partial charge on any atom is 0.331 e. The minimum atomic E-state index is -0.590. The van der Waals surface area contributed by atoms with Crippen molar-refractivity contribution in [2.24, 2.45) is 5.73 Å². The topological polar surface area (TPSA) is 119 Å². The lowest BCUT2D eigenvalue weighted by atomic mass is 10.1. The van der Waals surface area contributed by atoms with Gasteiger partial charge >= 0.3 is 5.69 Å². The maximum atomic E-state index is 13.1. The summed E-state index contributed by atoms with van der Waals surface area (Å²) in [5, 5.41) is 3.23. The lowest BCUT2D eigenvalue weighted by molar-refractivity contribution is -0.116. The van der Waals surface area contributed by atoms with E-state index in [1.807, 2.05) is 0 Å². The number of carbonyl (C=O) groups is 2. The Labute approximate surface area is 190 Å². The number of nitrogens with one attached hydrogen (secondary N) is 1. The molecule has 2 amide bonds. The molecule has 0 unspecified atom stereocenters. The number of carbonyl (C=O) groups excluding carboxylic acids is 2. The van der Waals surface area contributed by atoms with E-state index in [4.69, 9.17) is 5.73 Å². The molecular weight excluding hydrogens is 422 g/mol. The molecule has 0 aliphatic carbocycles. The fourth-order valence-corrected chi connectivity index (χ4v) is 4.34. The van der Waals surface area contributed by atoms with Gasteiger partial charge in [0, 0.05) is 25.2 Å². The van der Waals surface area contributed by atoms with Gasteiger partial charge in [-0.3, -0.25) is 23.5 Å². The van der Waals surface area contributed by atoms with Crippen LogP contribution >= 0.6 is 0 Å². The summed E-state index contributed by atoms with van der Waals surface area (Å²) in [6.45, 7) is 3.33. The molecule has 1 aliphatic heterocycles. The summed E-state index contributed by atoms with van der Waals surface area (Å²) in [4.78, 5) is 52.6. The van der Waals surface area contributed by atoms with E-state index in [-0.39, 0.29) is 24.2 Å². The summed E-state index contributed by atoms with van der Waals surface area (Å²) in [6, 6.07) is 11.7. The molecule has 0 radical (unpaired) electrons. The number of para-hydroxylation sites is 1. The first kappa shape index (κ1) is 22.3. The van der Waals surface area contributed by atoms with Crippen LogP contribution in [0.5, 0.6) is 0 Å². The van der Waals surface area contributed by atoms with Gasteiger partial charge in [0.05, 0.1) is 22.3 Å². The highest BCUT2D eigenvalue weighted by Gasteiger charge is 2.19. The Morgan fingerprint density at radius 3 is 2.42 bits per heavy atom. The predicted octanol–water partition coefficient (Wildman–Crippen LogP) is 1.91. The van der Waals surface area contributed by atoms with Crippen LogP contribution in [0.15, 0.2) is 52.1 Å². The highest BCUT2D eigenvalue weighted by molar-refractivity contribution is 5.99. The van der Waals surface area contributed by atoms with Gasteiger partial charge < -0.3 is 16.0 Å². The number of piperidine rings is 1. The molecule has 9 nitrogen and oxygen atoms in total. The standard InChI is InChI=1S/C24H27N5O4/c1-2-28-23(32)17-8-4-5-9-19(17)29(24(28)33)15-21(30)26-18-14-16(22(25)31)10-11-20(18)27-12-6-3-7-13-27/h4-5,8-11,14H,2-3,6-7,12-13,15H2,1H3,(H2,25,31)(H,26,30). The first-order valence-electron chi connectivity index (χ1n) is 11.1. The minimum absolute atomic E-state index is 0.198. The lowest BCUT2D eigenvalue weighted by Crippen LogP contribution is -2.41. The Balaban J connectivity index is 1.71.